The van der Waals surface area contributed by atoms with E-state index in [1.807, 2.05) is 4.72 Å². The molecule has 0 aromatic heterocycles. The maximum Gasteiger partial charge on any atom is 0.244 e. The maximum atomic E-state index is 10.6. The zero-order chi connectivity index (χ0) is 9.61. The minimum Gasteiger partial charge on any atom is -0.339 e. The lowest BCUT2D eigenvalue weighted by Gasteiger charge is -2.03. The summed E-state index contributed by atoms with van der Waals surface area (Å²) in [4.78, 5) is 10.5. The third-order valence-corrected chi connectivity index (χ3v) is 2.62. The van der Waals surface area contributed by atoms with Gasteiger partial charge in [-0.1, -0.05) is 6.58 Å². The fourth-order valence-electron chi connectivity index (χ4n) is 0.344. The second-order valence-corrected chi connectivity index (χ2v) is 4.18. The summed E-state index contributed by atoms with van der Waals surface area (Å²) in [7, 11) is -3.46. The van der Waals surface area contributed by atoms with E-state index >= 15 is 0 Å². The normalized spacial score (nSPS) is 10.8. The van der Waals surface area contributed by atoms with Crippen LogP contribution in [-0.4, -0.2) is 26.2 Å². The molecule has 0 unspecified atom stereocenters. The molecule has 0 aliphatic carbocycles. The van der Waals surface area contributed by atoms with Crippen molar-refractivity contribution < 1.29 is 13.2 Å². The summed E-state index contributed by atoms with van der Waals surface area (Å²) < 4.78 is 23.3. The molecule has 2 N–H and O–H groups in total. The molecule has 7 heteroatoms. The quantitative estimate of drug-likeness (QED) is 0.362. The Balaban J connectivity index is 3.71. The van der Waals surface area contributed by atoms with Crippen LogP contribution < -0.4 is 10.0 Å². The minimum absolute atomic E-state index is 0.181. The van der Waals surface area contributed by atoms with Gasteiger partial charge in [-0.15, -0.1) is 11.6 Å². The summed E-state index contributed by atoms with van der Waals surface area (Å²) in [5.74, 6) is -0.452. The van der Waals surface area contributed by atoms with Gasteiger partial charge in [-0.2, -0.15) is 4.72 Å². The van der Waals surface area contributed by atoms with Crippen LogP contribution in [0.25, 0.3) is 0 Å². The molecule has 0 aromatic rings. The summed E-state index contributed by atoms with van der Waals surface area (Å²) in [5.41, 5.74) is 0. The van der Waals surface area contributed by atoms with E-state index in [0.29, 0.717) is 0 Å². The number of sulfonamides is 1. The van der Waals surface area contributed by atoms with Crippen molar-refractivity contribution in [2.45, 2.75) is 0 Å². The van der Waals surface area contributed by atoms with E-state index in [4.69, 9.17) is 11.6 Å². The zero-order valence-corrected chi connectivity index (χ0v) is 7.78. The highest BCUT2D eigenvalue weighted by atomic mass is 35.5. The van der Waals surface area contributed by atoms with Crippen molar-refractivity contribution in [3.8, 4) is 0 Å². The number of halogens is 1. The first-order chi connectivity index (χ1) is 5.52. The van der Waals surface area contributed by atoms with Crippen molar-refractivity contribution in [1.82, 2.24) is 10.0 Å². The third kappa shape index (κ3) is 5.11. The molecule has 0 fully saturated rings. The Morgan fingerprint density at radius 3 is 2.58 bits per heavy atom. The molecule has 70 valence electrons. The molecule has 5 nitrogen and oxygen atoms in total. The van der Waals surface area contributed by atoms with Gasteiger partial charge in [-0.3, -0.25) is 4.79 Å². The van der Waals surface area contributed by atoms with E-state index in [1.54, 1.807) is 0 Å². The van der Waals surface area contributed by atoms with E-state index in [0.717, 1.165) is 6.08 Å². The van der Waals surface area contributed by atoms with Gasteiger partial charge in [0.2, 0.25) is 15.9 Å². The lowest BCUT2D eigenvalue weighted by molar-refractivity contribution is -0.116. The van der Waals surface area contributed by atoms with Crippen LogP contribution in [0.1, 0.15) is 0 Å². The fourth-order valence-corrected chi connectivity index (χ4v) is 0.945. The van der Waals surface area contributed by atoms with Crippen molar-refractivity contribution in [3.05, 3.63) is 12.7 Å². The largest absolute Gasteiger partial charge is 0.339 e. The molecular formula is C5H9ClN2O3S. The van der Waals surface area contributed by atoms with Crippen molar-refractivity contribution in [1.29, 1.82) is 0 Å². The summed E-state index contributed by atoms with van der Waals surface area (Å²) in [6.45, 7) is 3.00. The summed E-state index contributed by atoms with van der Waals surface area (Å²) in [5, 5.41) is 1.69. The number of carbonyl (C=O) groups excluding carboxylic acids is 1. The van der Waals surface area contributed by atoms with Crippen LogP contribution in [0.4, 0.5) is 0 Å². The second-order valence-electron chi connectivity index (χ2n) is 1.79. The minimum atomic E-state index is -3.46. The van der Waals surface area contributed by atoms with Crippen LogP contribution in [-0.2, 0) is 14.8 Å². The number of rotatable bonds is 5. The van der Waals surface area contributed by atoms with E-state index in [9.17, 15) is 13.2 Å². The van der Waals surface area contributed by atoms with Crippen molar-refractivity contribution >= 4 is 27.5 Å². The van der Waals surface area contributed by atoms with Gasteiger partial charge in [0, 0.05) is 0 Å². The first kappa shape index (κ1) is 11.4. The van der Waals surface area contributed by atoms with Crippen molar-refractivity contribution in [3.63, 3.8) is 0 Å². The van der Waals surface area contributed by atoms with Crippen LogP contribution in [0.2, 0.25) is 0 Å². The molecule has 0 spiro atoms. The predicted octanol–water partition coefficient (Wildman–Crippen LogP) is -0.638. The second kappa shape index (κ2) is 5.13. The van der Waals surface area contributed by atoms with Gasteiger partial charge in [0.1, 0.15) is 5.21 Å². The van der Waals surface area contributed by atoms with E-state index in [2.05, 4.69) is 11.9 Å². The summed E-state index contributed by atoms with van der Waals surface area (Å²) >= 11 is 5.06. The number of carbonyl (C=O) groups is 1. The van der Waals surface area contributed by atoms with Gasteiger partial charge in [0.05, 0.1) is 6.67 Å². The predicted molar refractivity (Wildman–Crippen MR) is 46.0 cm³/mol. The highest BCUT2D eigenvalue weighted by Gasteiger charge is 2.05. The number of alkyl halides is 1. The Kier molecular flexibility index (Phi) is 4.87. The molecule has 0 atom stereocenters. The van der Waals surface area contributed by atoms with Crippen molar-refractivity contribution in [2.75, 3.05) is 11.9 Å². The smallest absolute Gasteiger partial charge is 0.244 e. The first-order valence-corrected chi connectivity index (χ1v) is 5.14. The zero-order valence-electron chi connectivity index (χ0n) is 6.21. The van der Waals surface area contributed by atoms with Gasteiger partial charge >= 0.3 is 0 Å². The number of hydrogen-bond donors (Lipinski definition) is 2. The Morgan fingerprint density at radius 2 is 2.17 bits per heavy atom. The monoisotopic (exact) mass is 212 g/mol. The molecule has 0 rings (SSSR count). The summed E-state index contributed by atoms with van der Waals surface area (Å²) in [6.07, 6.45) is 1.04. The molecule has 0 aromatic carbocycles. The first-order valence-electron chi connectivity index (χ1n) is 2.95. The highest BCUT2D eigenvalue weighted by Crippen LogP contribution is 1.85. The average molecular weight is 213 g/mol. The molecule has 0 radical (unpaired) electrons. The van der Waals surface area contributed by atoms with E-state index < -0.39 is 21.1 Å². The molecule has 0 saturated carbocycles. The average Bonchev–Trinajstić information content (AvgIpc) is 2.04. The lowest BCUT2D eigenvalue weighted by atomic mass is 10.6. The number of nitrogens with one attached hydrogen (secondary N) is 2. The van der Waals surface area contributed by atoms with Crippen LogP contribution in [0, 0.1) is 0 Å². The summed E-state index contributed by atoms with van der Waals surface area (Å²) in [6, 6.07) is 0. The molecular weight excluding hydrogens is 204 g/mol. The van der Waals surface area contributed by atoms with Gasteiger partial charge in [-0.25, -0.2) is 8.42 Å². The fraction of sp³-hybridized carbons (Fsp3) is 0.400. The molecule has 0 saturated heterocycles. The van der Waals surface area contributed by atoms with Crippen LogP contribution in [0.5, 0.6) is 0 Å². The number of hydrogen-bond acceptors (Lipinski definition) is 3. The Morgan fingerprint density at radius 1 is 1.58 bits per heavy atom. The lowest BCUT2D eigenvalue weighted by Crippen LogP contribution is -2.36. The van der Waals surface area contributed by atoms with Gasteiger partial charge in [0.15, 0.2) is 0 Å². The Hall–Kier alpha value is -0.590. The SMILES string of the molecule is C=CC(=O)NCNS(=O)(=O)CCl. The standard InChI is InChI=1S/C5H9ClN2O3S/c1-2-5(9)7-4-8-12(10,11)3-6/h2,8H,1,3-4H2,(H,7,9). The topological polar surface area (TPSA) is 75.3 Å². The molecule has 0 aliphatic heterocycles. The third-order valence-electron chi connectivity index (χ3n) is 0.884. The Labute approximate surface area is 75.8 Å². The molecule has 0 heterocycles. The molecule has 1 amide bonds. The molecule has 0 bridgehead atoms. The van der Waals surface area contributed by atoms with E-state index in [-0.39, 0.29) is 6.67 Å². The van der Waals surface area contributed by atoms with E-state index in [1.165, 1.54) is 0 Å². The Bertz CT molecular complexity index is 262. The van der Waals surface area contributed by atoms with Gasteiger partial charge < -0.3 is 5.32 Å². The van der Waals surface area contributed by atoms with Crippen molar-refractivity contribution in [2.24, 2.45) is 0 Å². The van der Waals surface area contributed by atoms with Gasteiger partial charge in [-0.05, 0) is 6.08 Å². The molecule has 0 aliphatic rings. The highest BCUT2D eigenvalue weighted by molar-refractivity contribution is 7.90. The van der Waals surface area contributed by atoms with Crippen LogP contribution in [0.15, 0.2) is 12.7 Å². The van der Waals surface area contributed by atoms with Crippen LogP contribution >= 0.6 is 11.6 Å². The van der Waals surface area contributed by atoms with Crippen LogP contribution in [0.3, 0.4) is 0 Å². The maximum absolute atomic E-state index is 10.6. The molecule has 12 heavy (non-hydrogen) atoms. The number of amides is 1. The van der Waals surface area contributed by atoms with Gasteiger partial charge in [0.25, 0.3) is 0 Å².